The van der Waals surface area contributed by atoms with Gasteiger partial charge in [-0.05, 0) is 42.9 Å². The van der Waals surface area contributed by atoms with Crippen LogP contribution in [0.4, 0.5) is 5.69 Å². The van der Waals surface area contributed by atoms with Crippen LogP contribution < -0.4 is 4.90 Å². The fourth-order valence-corrected chi connectivity index (χ4v) is 2.00. The molecule has 0 spiro atoms. The minimum atomic E-state index is 0.719. The molecule has 0 saturated heterocycles. The summed E-state index contributed by atoms with van der Waals surface area (Å²) in [6, 6.07) is 6.91. The van der Waals surface area contributed by atoms with E-state index in [9.17, 15) is 0 Å². The molecule has 1 heteroatoms. The lowest BCUT2D eigenvalue weighted by molar-refractivity contribution is 0.645. The normalized spacial score (nSPS) is 10.9. The van der Waals surface area contributed by atoms with Gasteiger partial charge in [0.25, 0.3) is 0 Å². The third-order valence-corrected chi connectivity index (χ3v) is 3.07. The van der Waals surface area contributed by atoms with Crippen LogP contribution in [0.2, 0.25) is 0 Å². The Morgan fingerprint density at radius 3 is 2.38 bits per heavy atom. The smallest absolute Gasteiger partial charge is 0.0396 e. The van der Waals surface area contributed by atoms with Gasteiger partial charge in [0.1, 0.15) is 0 Å². The molecule has 0 atom stereocenters. The lowest BCUT2D eigenvalue weighted by atomic mass is 9.98. The summed E-state index contributed by atoms with van der Waals surface area (Å²) in [6.07, 6.45) is 2.30. The Hall–Kier alpha value is -0.980. The first-order chi connectivity index (χ1) is 7.58. The Labute approximate surface area is 100 Å². The molecule has 0 amide bonds. The summed E-state index contributed by atoms with van der Waals surface area (Å²) in [7, 11) is 2.17. The molecule has 90 valence electrons. The zero-order chi connectivity index (χ0) is 12.1. The topological polar surface area (TPSA) is 3.24 Å². The molecule has 1 rings (SSSR count). The molecule has 1 aromatic carbocycles. The molecule has 0 fully saturated rings. The molecule has 0 aliphatic heterocycles. The van der Waals surface area contributed by atoms with Gasteiger partial charge >= 0.3 is 0 Å². The second-order valence-electron chi connectivity index (χ2n) is 4.93. The molecule has 0 saturated carbocycles. The lowest BCUT2D eigenvalue weighted by Crippen LogP contribution is -2.18. The van der Waals surface area contributed by atoms with Crippen LogP contribution >= 0.6 is 0 Å². The van der Waals surface area contributed by atoms with Crippen molar-refractivity contribution in [2.45, 2.75) is 40.5 Å². The first kappa shape index (κ1) is 13.1. The largest absolute Gasteiger partial charge is 0.375 e. The zero-order valence-corrected chi connectivity index (χ0v) is 11.4. The van der Waals surface area contributed by atoms with Gasteiger partial charge in [0.05, 0.1) is 0 Å². The van der Waals surface area contributed by atoms with Gasteiger partial charge < -0.3 is 4.90 Å². The molecule has 1 aromatic rings. The van der Waals surface area contributed by atoms with Gasteiger partial charge in [-0.1, -0.05) is 32.9 Å². The van der Waals surface area contributed by atoms with E-state index in [-0.39, 0.29) is 0 Å². The number of aryl methyl sites for hydroxylation is 1. The highest BCUT2D eigenvalue weighted by atomic mass is 15.1. The Balaban J connectivity index is 3.05. The summed E-state index contributed by atoms with van der Waals surface area (Å²) in [5.74, 6) is 0.719. The molecule has 0 aromatic heterocycles. The van der Waals surface area contributed by atoms with Crippen molar-refractivity contribution >= 4 is 5.69 Å². The molecular weight excluding hydrogens is 194 g/mol. The Morgan fingerprint density at radius 1 is 1.19 bits per heavy atom. The van der Waals surface area contributed by atoms with Crippen LogP contribution in [0.5, 0.6) is 0 Å². The maximum Gasteiger partial charge on any atom is 0.0396 e. The van der Waals surface area contributed by atoms with Crippen molar-refractivity contribution < 1.29 is 0 Å². The van der Waals surface area contributed by atoms with Crippen LogP contribution in [0.3, 0.4) is 0 Å². The van der Waals surface area contributed by atoms with Crippen molar-refractivity contribution in [2.75, 3.05) is 18.5 Å². The summed E-state index contributed by atoms with van der Waals surface area (Å²) in [6.45, 7) is 10.1. The number of hydrogen-bond acceptors (Lipinski definition) is 1. The SMILES string of the molecule is CCc1ccc(N(C)CC)c(CC(C)C)c1. The number of anilines is 1. The Kier molecular flexibility index (Phi) is 4.85. The minimum Gasteiger partial charge on any atom is -0.375 e. The summed E-state index contributed by atoms with van der Waals surface area (Å²) < 4.78 is 0. The quantitative estimate of drug-likeness (QED) is 0.726. The molecule has 0 N–H and O–H groups in total. The van der Waals surface area contributed by atoms with E-state index < -0.39 is 0 Å². The summed E-state index contributed by atoms with van der Waals surface area (Å²) in [5.41, 5.74) is 4.34. The van der Waals surface area contributed by atoms with E-state index in [1.807, 2.05) is 0 Å². The van der Waals surface area contributed by atoms with Gasteiger partial charge in [0.15, 0.2) is 0 Å². The Morgan fingerprint density at radius 2 is 1.88 bits per heavy atom. The van der Waals surface area contributed by atoms with Crippen LogP contribution in [0.1, 0.15) is 38.8 Å². The van der Waals surface area contributed by atoms with Crippen LogP contribution in [-0.2, 0) is 12.8 Å². The van der Waals surface area contributed by atoms with Crippen molar-refractivity contribution in [3.8, 4) is 0 Å². The van der Waals surface area contributed by atoms with Crippen LogP contribution in [0.15, 0.2) is 18.2 Å². The number of hydrogen-bond donors (Lipinski definition) is 0. The lowest BCUT2D eigenvalue weighted by Gasteiger charge is -2.22. The number of rotatable bonds is 5. The predicted octanol–water partition coefficient (Wildman–Crippen LogP) is 3.90. The van der Waals surface area contributed by atoms with E-state index in [1.54, 1.807) is 0 Å². The summed E-state index contributed by atoms with van der Waals surface area (Å²) in [5, 5.41) is 0. The van der Waals surface area contributed by atoms with Gasteiger partial charge in [-0.25, -0.2) is 0 Å². The van der Waals surface area contributed by atoms with E-state index >= 15 is 0 Å². The van der Waals surface area contributed by atoms with E-state index in [1.165, 1.54) is 23.2 Å². The molecular formula is C15H25N. The molecule has 0 aliphatic carbocycles. The number of nitrogens with zero attached hydrogens (tertiary/aromatic N) is 1. The van der Waals surface area contributed by atoms with E-state index in [2.05, 4.69) is 57.8 Å². The van der Waals surface area contributed by atoms with Crippen LogP contribution in [0, 0.1) is 5.92 Å². The molecule has 0 unspecified atom stereocenters. The average Bonchev–Trinajstić information content (AvgIpc) is 2.27. The van der Waals surface area contributed by atoms with Crippen LogP contribution in [0.25, 0.3) is 0 Å². The molecule has 1 nitrogen and oxygen atoms in total. The third kappa shape index (κ3) is 3.26. The molecule has 0 heterocycles. The highest BCUT2D eigenvalue weighted by Gasteiger charge is 2.08. The van der Waals surface area contributed by atoms with Gasteiger partial charge in [-0.2, -0.15) is 0 Å². The van der Waals surface area contributed by atoms with Crippen molar-refractivity contribution in [1.29, 1.82) is 0 Å². The molecule has 0 aliphatic rings. The summed E-state index contributed by atoms with van der Waals surface area (Å²) >= 11 is 0. The van der Waals surface area contributed by atoms with E-state index in [0.717, 1.165) is 18.9 Å². The molecule has 0 radical (unpaired) electrons. The fourth-order valence-electron chi connectivity index (χ4n) is 2.00. The van der Waals surface area contributed by atoms with Crippen molar-refractivity contribution in [3.63, 3.8) is 0 Å². The van der Waals surface area contributed by atoms with Crippen LogP contribution in [-0.4, -0.2) is 13.6 Å². The maximum atomic E-state index is 2.38. The van der Waals surface area contributed by atoms with E-state index in [4.69, 9.17) is 0 Å². The standard InChI is InChI=1S/C15H25N/c1-6-13-8-9-15(16(5)7-2)14(11-13)10-12(3)4/h8-9,11-12H,6-7,10H2,1-5H3. The average molecular weight is 219 g/mol. The fraction of sp³-hybridized carbons (Fsp3) is 0.600. The van der Waals surface area contributed by atoms with E-state index in [0.29, 0.717) is 0 Å². The first-order valence-electron chi connectivity index (χ1n) is 6.41. The predicted molar refractivity (Wildman–Crippen MR) is 73.3 cm³/mol. The molecule has 0 bridgehead atoms. The highest BCUT2D eigenvalue weighted by Crippen LogP contribution is 2.24. The van der Waals surface area contributed by atoms with Gasteiger partial charge in [0, 0.05) is 19.3 Å². The second-order valence-corrected chi connectivity index (χ2v) is 4.93. The van der Waals surface area contributed by atoms with Crippen molar-refractivity contribution in [3.05, 3.63) is 29.3 Å². The minimum absolute atomic E-state index is 0.719. The van der Waals surface area contributed by atoms with Gasteiger partial charge in [0.2, 0.25) is 0 Å². The second kappa shape index (κ2) is 5.93. The maximum absolute atomic E-state index is 2.38. The third-order valence-electron chi connectivity index (χ3n) is 3.07. The zero-order valence-electron chi connectivity index (χ0n) is 11.4. The van der Waals surface area contributed by atoms with Crippen molar-refractivity contribution in [1.82, 2.24) is 0 Å². The Bertz CT molecular complexity index is 328. The number of benzene rings is 1. The van der Waals surface area contributed by atoms with Gasteiger partial charge in [-0.3, -0.25) is 0 Å². The van der Waals surface area contributed by atoms with Gasteiger partial charge in [-0.15, -0.1) is 0 Å². The summed E-state index contributed by atoms with van der Waals surface area (Å²) in [4.78, 5) is 2.33. The highest BCUT2D eigenvalue weighted by molar-refractivity contribution is 5.54. The van der Waals surface area contributed by atoms with Crippen molar-refractivity contribution in [2.24, 2.45) is 5.92 Å². The first-order valence-corrected chi connectivity index (χ1v) is 6.41. The monoisotopic (exact) mass is 219 g/mol. The molecule has 16 heavy (non-hydrogen) atoms.